The molecule has 4 rings (SSSR count). The molecule has 0 unspecified atom stereocenters. The first kappa shape index (κ1) is 17.9. The molecule has 2 fully saturated rings. The summed E-state index contributed by atoms with van der Waals surface area (Å²) in [6.07, 6.45) is 4.23. The number of aromatic nitrogens is 1. The molecule has 0 bridgehead atoms. The van der Waals surface area contributed by atoms with Crippen molar-refractivity contribution in [1.82, 2.24) is 4.98 Å². The molecule has 1 N–H and O–H groups in total. The van der Waals surface area contributed by atoms with E-state index in [2.05, 4.69) is 22.1 Å². The van der Waals surface area contributed by atoms with Crippen molar-refractivity contribution >= 4 is 17.3 Å². The lowest BCUT2D eigenvalue weighted by atomic mass is 10.0. The van der Waals surface area contributed by atoms with Crippen LogP contribution in [0.4, 0.5) is 11.4 Å². The van der Waals surface area contributed by atoms with Crippen LogP contribution in [0.5, 0.6) is 0 Å². The zero-order valence-corrected chi connectivity index (χ0v) is 15.6. The molecule has 1 aromatic carbocycles. The summed E-state index contributed by atoms with van der Waals surface area (Å²) in [6, 6.07) is 11.7. The Morgan fingerprint density at radius 1 is 1.19 bits per heavy atom. The van der Waals surface area contributed by atoms with Crippen LogP contribution in [-0.4, -0.2) is 43.0 Å². The second-order valence-corrected chi connectivity index (χ2v) is 6.96. The number of pyridine rings is 1. The number of para-hydroxylation sites is 1. The maximum atomic E-state index is 12.7. The van der Waals surface area contributed by atoms with Gasteiger partial charge in [0.15, 0.2) is 5.79 Å². The van der Waals surface area contributed by atoms with E-state index in [4.69, 9.17) is 9.47 Å². The minimum atomic E-state index is -0.395. The molecule has 0 radical (unpaired) electrons. The molecular formula is C21H25N3O3. The van der Waals surface area contributed by atoms with Crippen LogP contribution in [0.2, 0.25) is 0 Å². The first-order valence-electron chi connectivity index (χ1n) is 9.57. The third-order valence-electron chi connectivity index (χ3n) is 5.33. The van der Waals surface area contributed by atoms with Crippen LogP contribution in [0.15, 0.2) is 42.6 Å². The molecular weight excluding hydrogens is 342 g/mol. The highest BCUT2D eigenvalue weighted by Gasteiger charge is 2.39. The number of aryl methyl sites for hydroxylation is 1. The number of piperidine rings is 1. The summed E-state index contributed by atoms with van der Waals surface area (Å²) in [7, 11) is 0. The van der Waals surface area contributed by atoms with Crippen molar-refractivity contribution in [2.45, 2.75) is 32.0 Å². The zero-order valence-electron chi connectivity index (χ0n) is 15.6. The van der Waals surface area contributed by atoms with Gasteiger partial charge in [0.25, 0.3) is 5.91 Å². The molecule has 0 atom stereocenters. The maximum Gasteiger partial charge on any atom is 0.274 e. The van der Waals surface area contributed by atoms with E-state index in [9.17, 15) is 4.79 Å². The number of amides is 1. The smallest absolute Gasteiger partial charge is 0.274 e. The SMILES string of the molecule is CCc1ccccc1NC(=O)c1cc(N2CCC3(CC2)OCCO3)ccn1. The highest BCUT2D eigenvalue weighted by atomic mass is 16.7. The Balaban J connectivity index is 1.45. The predicted octanol–water partition coefficient (Wildman–Crippen LogP) is 3.24. The number of ether oxygens (including phenoxy) is 2. The molecule has 2 aliphatic heterocycles. The van der Waals surface area contributed by atoms with E-state index in [1.165, 1.54) is 0 Å². The lowest BCUT2D eigenvalue weighted by molar-refractivity contribution is -0.169. The second-order valence-electron chi connectivity index (χ2n) is 6.96. The summed E-state index contributed by atoms with van der Waals surface area (Å²) in [4.78, 5) is 19.2. The first-order valence-corrected chi connectivity index (χ1v) is 9.57. The third kappa shape index (κ3) is 3.82. The highest BCUT2D eigenvalue weighted by Crippen LogP contribution is 2.33. The summed E-state index contributed by atoms with van der Waals surface area (Å²) in [5, 5.41) is 2.99. The summed E-state index contributed by atoms with van der Waals surface area (Å²) in [5.74, 6) is -0.582. The van der Waals surface area contributed by atoms with E-state index in [1.807, 2.05) is 36.4 Å². The van der Waals surface area contributed by atoms with Gasteiger partial charge in [0.1, 0.15) is 5.69 Å². The molecule has 27 heavy (non-hydrogen) atoms. The molecule has 3 heterocycles. The molecule has 2 aromatic rings. The van der Waals surface area contributed by atoms with Crippen LogP contribution in [0.1, 0.15) is 35.8 Å². The Kier molecular flexibility index (Phi) is 5.09. The fourth-order valence-electron chi connectivity index (χ4n) is 3.77. The van der Waals surface area contributed by atoms with E-state index in [1.54, 1.807) is 6.20 Å². The number of nitrogens with one attached hydrogen (secondary N) is 1. The monoisotopic (exact) mass is 367 g/mol. The van der Waals surface area contributed by atoms with Crippen molar-refractivity contribution < 1.29 is 14.3 Å². The molecule has 1 spiro atoms. The summed E-state index contributed by atoms with van der Waals surface area (Å²) < 4.78 is 11.6. The van der Waals surface area contributed by atoms with Gasteiger partial charge in [-0.25, -0.2) is 0 Å². The molecule has 1 amide bonds. The Hall–Kier alpha value is -2.44. The quantitative estimate of drug-likeness (QED) is 0.899. The van der Waals surface area contributed by atoms with E-state index in [0.29, 0.717) is 18.9 Å². The molecule has 0 aliphatic carbocycles. The first-order chi connectivity index (χ1) is 13.2. The molecule has 1 aromatic heterocycles. The van der Waals surface area contributed by atoms with Crippen LogP contribution >= 0.6 is 0 Å². The van der Waals surface area contributed by atoms with Crippen molar-refractivity contribution in [3.05, 3.63) is 53.9 Å². The lowest BCUT2D eigenvalue weighted by Gasteiger charge is -2.38. The number of carbonyl (C=O) groups is 1. The Morgan fingerprint density at radius 2 is 1.93 bits per heavy atom. The topological polar surface area (TPSA) is 63.7 Å². The number of hydrogen-bond acceptors (Lipinski definition) is 5. The van der Waals surface area contributed by atoms with Crippen molar-refractivity contribution in [2.75, 3.05) is 36.5 Å². The Bertz CT molecular complexity index is 808. The maximum absolute atomic E-state index is 12.7. The zero-order chi connectivity index (χ0) is 18.7. The number of hydrogen-bond donors (Lipinski definition) is 1. The third-order valence-corrected chi connectivity index (χ3v) is 5.33. The molecule has 142 valence electrons. The lowest BCUT2D eigenvalue weighted by Crippen LogP contribution is -2.45. The number of rotatable bonds is 4. The normalized spacial score (nSPS) is 18.6. The van der Waals surface area contributed by atoms with Gasteiger partial charge in [0, 0.05) is 43.5 Å². The summed E-state index contributed by atoms with van der Waals surface area (Å²) >= 11 is 0. The fourth-order valence-corrected chi connectivity index (χ4v) is 3.77. The summed E-state index contributed by atoms with van der Waals surface area (Å²) in [6.45, 7) is 5.11. The minimum Gasteiger partial charge on any atom is -0.371 e. The van der Waals surface area contributed by atoms with Gasteiger partial charge in [-0.05, 0) is 30.2 Å². The van der Waals surface area contributed by atoms with Crippen LogP contribution in [0, 0.1) is 0 Å². The molecule has 6 nitrogen and oxygen atoms in total. The summed E-state index contributed by atoms with van der Waals surface area (Å²) in [5.41, 5.74) is 3.38. The van der Waals surface area contributed by atoms with Crippen molar-refractivity contribution in [1.29, 1.82) is 0 Å². The largest absolute Gasteiger partial charge is 0.371 e. The molecule has 6 heteroatoms. The van der Waals surface area contributed by atoms with Gasteiger partial charge in [0.05, 0.1) is 13.2 Å². The van der Waals surface area contributed by atoms with E-state index in [-0.39, 0.29) is 5.91 Å². The Morgan fingerprint density at radius 3 is 2.67 bits per heavy atom. The number of anilines is 2. The van der Waals surface area contributed by atoms with E-state index >= 15 is 0 Å². The number of carbonyl (C=O) groups excluding carboxylic acids is 1. The fraction of sp³-hybridized carbons (Fsp3) is 0.429. The average Bonchev–Trinajstić information content (AvgIpc) is 3.17. The van der Waals surface area contributed by atoms with Gasteiger partial charge in [-0.15, -0.1) is 0 Å². The highest BCUT2D eigenvalue weighted by molar-refractivity contribution is 6.03. The standard InChI is InChI=1S/C21H25N3O3/c1-2-16-5-3-4-6-18(16)23-20(25)19-15-17(7-10-22-19)24-11-8-21(9-12-24)26-13-14-27-21/h3-7,10,15H,2,8-9,11-14H2,1H3,(H,23,25). The molecule has 0 saturated carbocycles. The van der Waals surface area contributed by atoms with Crippen LogP contribution in [0.3, 0.4) is 0 Å². The van der Waals surface area contributed by atoms with Crippen LogP contribution in [0.25, 0.3) is 0 Å². The van der Waals surface area contributed by atoms with E-state index < -0.39 is 5.79 Å². The van der Waals surface area contributed by atoms with Gasteiger partial charge in [-0.2, -0.15) is 0 Å². The molecule has 2 saturated heterocycles. The van der Waals surface area contributed by atoms with Crippen LogP contribution < -0.4 is 10.2 Å². The van der Waals surface area contributed by atoms with Gasteiger partial charge < -0.3 is 19.7 Å². The van der Waals surface area contributed by atoms with Crippen molar-refractivity contribution in [3.8, 4) is 0 Å². The van der Waals surface area contributed by atoms with Gasteiger partial charge >= 0.3 is 0 Å². The van der Waals surface area contributed by atoms with Crippen LogP contribution in [-0.2, 0) is 15.9 Å². The Labute approximate surface area is 159 Å². The van der Waals surface area contributed by atoms with Gasteiger partial charge in [-0.3, -0.25) is 9.78 Å². The van der Waals surface area contributed by atoms with Crippen molar-refractivity contribution in [2.24, 2.45) is 0 Å². The minimum absolute atomic E-state index is 0.186. The number of benzene rings is 1. The van der Waals surface area contributed by atoms with E-state index in [0.717, 1.165) is 49.3 Å². The van der Waals surface area contributed by atoms with Gasteiger partial charge in [-0.1, -0.05) is 25.1 Å². The second kappa shape index (κ2) is 7.66. The van der Waals surface area contributed by atoms with Gasteiger partial charge in [0.2, 0.25) is 0 Å². The molecule has 2 aliphatic rings. The average molecular weight is 367 g/mol. The van der Waals surface area contributed by atoms with Crippen molar-refractivity contribution in [3.63, 3.8) is 0 Å². The predicted molar refractivity (Wildman–Crippen MR) is 104 cm³/mol. The number of nitrogens with zero attached hydrogens (tertiary/aromatic N) is 2.